The van der Waals surface area contributed by atoms with Crippen LogP contribution in [0.5, 0.6) is 0 Å². The Morgan fingerprint density at radius 3 is 2.62 bits per heavy atom. The van der Waals surface area contributed by atoms with Crippen molar-refractivity contribution in [3.63, 3.8) is 0 Å². The number of nitrogens with one attached hydrogen (secondary N) is 4. The van der Waals surface area contributed by atoms with Gasteiger partial charge in [-0.2, -0.15) is 5.26 Å². The van der Waals surface area contributed by atoms with Crippen molar-refractivity contribution in [1.29, 1.82) is 5.26 Å². The molecule has 0 saturated heterocycles. The number of pyridine rings is 1. The third-order valence-electron chi connectivity index (χ3n) is 7.55. The lowest BCUT2D eigenvalue weighted by molar-refractivity contribution is 0.190. The van der Waals surface area contributed by atoms with Gasteiger partial charge in [-0.1, -0.05) is 54.1 Å². The Kier molecular flexibility index (Phi) is 8.11. The smallest absolute Gasteiger partial charge is 0.123 e. The van der Waals surface area contributed by atoms with Crippen LogP contribution >= 0.6 is 11.6 Å². The molecule has 0 unspecified atom stereocenters. The molecule has 4 aromatic rings. The Bertz CT molecular complexity index is 1640. The Hall–Kier alpha value is -4.36. The lowest BCUT2D eigenvalue weighted by Crippen LogP contribution is -2.38. The fourth-order valence-corrected chi connectivity index (χ4v) is 5.47. The second-order valence-corrected chi connectivity index (χ2v) is 10.9. The van der Waals surface area contributed by atoms with Gasteiger partial charge in [0.05, 0.1) is 39.6 Å². The van der Waals surface area contributed by atoms with Crippen LogP contribution < -0.4 is 21.6 Å². The highest BCUT2D eigenvalue weighted by molar-refractivity contribution is 6.35. The third-order valence-corrected chi connectivity index (χ3v) is 7.84. The maximum absolute atomic E-state index is 13.8. The fourth-order valence-electron chi connectivity index (χ4n) is 5.20. The normalized spacial score (nSPS) is 16.0. The van der Waals surface area contributed by atoms with E-state index in [-0.39, 0.29) is 17.9 Å². The Morgan fingerprint density at radius 1 is 1.12 bits per heavy atom. The summed E-state index contributed by atoms with van der Waals surface area (Å²) < 4.78 is 19.2. The van der Waals surface area contributed by atoms with Crippen LogP contribution in [0.25, 0.3) is 10.9 Å². The van der Waals surface area contributed by atoms with Crippen LogP contribution in [0, 0.1) is 17.1 Å². The summed E-state index contributed by atoms with van der Waals surface area (Å²) >= 11 is 6.82. The topological polar surface area (TPSA) is 97.3 Å². The van der Waals surface area contributed by atoms with Crippen molar-refractivity contribution in [3.8, 4) is 6.07 Å². The summed E-state index contributed by atoms with van der Waals surface area (Å²) in [5.74, 6) is -0.301. The Morgan fingerprint density at radius 2 is 1.90 bits per heavy atom. The van der Waals surface area contributed by atoms with Crippen LogP contribution in [-0.2, 0) is 4.74 Å². The first-order valence-electron chi connectivity index (χ1n) is 13.9. The molecule has 3 aromatic carbocycles. The molecule has 8 nitrogen and oxygen atoms in total. The van der Waals surface area contributed by atoms with Crippen LogP contribution in [0.4, 0.5) is 15.8 Å². The molecule has 0 spiro atoms. The molecule has 42 heavy (non-hydrogen) atoms. The van der Waals surface area contributed by atoms with Gasteiger partial charge in [0.15, 0.2) is 0 Å². The van der Waals surface area contributed by atoms with Gasteiger partial charge in [-0.05, 0) is 54.7 Å². The zero-order valence-electron chi connectivity index (χ0n) is 23.1. The number of aromatic nitrogens is 1. The van der Waals surface area contributed by atoms with Crippen LogP contribution in [0.2, 0.25) is 5.02 Å². The number of rotatable bonds is 11. The number of hydrogen-bond donors (Lipinski definition) is 4. The summed E-state index contributed by atoms with van der Waals surface area (Å²) in [6, 6.07) is 22.6. The van der Waals surface area contributed by atoms with Crippen LogP contribution in [-0.4, -0.2) is 29.8 Å². The molecule has 1 aliphatic heterocycles. The van der Waals surface area contributed by atoms with Gasteiger partial charge in [0.1, 0.15) is 11.9 Å². The number of halogens is 2. The van der Waals surface area contributed by atoms with Gasteiger partial charge in [0.2, 0.25) is 0 Å². The quantitative estimate of drug-likeness (QED) is 0.157. The van der Waals surface area contributed by atoms with E-state index in [1.165, 1.54) is 12.1 Å². The number of methoxy groups -OCH3 is 1. The number of nitrogens with zero attached hydrogens (tertiary/aromatic N) is 3. The number of fused-ring (bicyclic) bond motifs is 1. The third kappa shape index (κ3) is 5.97. The molecule has 1 aliphatic carbocycles. The molecule has 2 atom stereocenters. The van der Waals surface area contributed by atoms with Crippen LogP contribution in [0.15, 0.2) is 84.8 Å². The van der Waals surface area contributed by atoms with Crippen molar-refractivity contribution >= 4 is 33.9 Å². The second-order valence-electron chi connectivity index (χ2n) is 10.5. The molecule has 10 heteroatoms. The van der Waals surface area contributed by atoms with E-state index in [9.17, 15) is 9.65 Å². The number of benzene rings is 3. The molecule has 1 aromatic heterocycles. The largest absolute Gasteiger partial charge is 0.385 e. The average molecular weight is 584 g/mol. The predicted molar refractivity (Wildman–Crippen MR) is 163 cm³/mol. The minimum atomic E-state index is -0.336. The number of hydrogen-bond acceptors (Lipinski definition) is 8. The first kappa shape index (κ1) is 27.8. The fraction of sp³-hybridized carbons (Fsp3) is 0.250. The van der Waals surface area contributed by atoms with Crippen molar-refractivity contribution in [2.24, 2.45) is 0 Å². The standard InChI is InChI=1S/C32H31ClFN7O/c1-42-14-13-28(20-5-3-2-4-6-20)38-30-22(17-35)18-36-32-26(30)15-24(16-27(32)33)37-31(21-7-9-23(34)10-8-21)29-19-41(40-39-29)25-11-12-25/h2-10,15-16,18-19,25,28,31,37,39-40H,11-14H2,1H3,(H,36,38)/t28-,31+/m1/s1. The maximum atomic E-state index is 13.8. The van der Waals surface area contributed by atoms with E-state index in [0.29, 0.717) is 46.2 Å². The highest BCUT2D eigenvalue weighted by Crippen LogP contribution is 2.38. The summed E-state index contributed by atoms with van der Waals surface area (Å²) in [5, 5.41) is 20.5. The van der Waals surface area contributed by atoms with Gasteiger partial charge < -0.3 is 20.8 Å². The average Bonchev–Trinajstić information content (AvgIpc) is 3.75. The number of hydrazine groups is 2. The van der Waals surface area contributed by atoms with Gasteiger partial charge in [0, 0.05) is 43.2 Å². The van der Waals surface area contributed by atoms with E-state index >= 15 is 0 Å². The minimum Gasteiger partial charge on any atom is -0.385 e. The summed E-state index contributed by atoms with van der Waals surface area (Å²) in [5.41, 5.74) is 11.7. The van der Waals surface area contributed by atoms with Crippen LogP contribution in [0.1, 0.15) is 48.0 Å². The molecule has 1 fully saturated rings. The van der Waals surface area contributed by atoms with Crippen molar-refractivity contribution < 1.29 is 9.13 Å². The second kappa shape index (κ2) is 12.2. The first-order chi connectivity index (χ1) is 20.5. The highest BCUT2D eigenvalue weighted by Gasteiger charge is 2.32. The van der Waals surface area contributed by atoms with E-state index in [1.54, 1.807) is 25.4 Å². The summed E-state index contributed by atoms with van der Waals surface area (Å²) in [4.78, 5) is 4.53. The van der Waals surface area contributed by atoms with Crippen molar-refractivity contribution in [1.82, 2.24) is 21.0 Å². The maximum Gasteiger partial charge on any atom is 0.123 e. The van der Waals surface area contributed by atoms with Crippen LogP contribution in [0.3, 0.4) is 0 Å². The lowest BCUT2D eigenvalue weighted by Gasteiger charge is -2.24. The molecule has 6 rings (SSSR count). The van der Waals surface area contributed by atoms with E-state index in [4.69, 9.17) is 16.3 Å². The molecule has 2 aliphatic rings. The molecule has 214 valence electrons. The van der Waals surface area contributed by atoms with E-state index in [1.807, 2.05) is 36.5 Å². The van der Waals surface area contributed by atoms with Gasteiger partial charge in [-0.15, -0.1) is 5.53 Å². The molecule has 0 radical (unpaired) electrons. The minimum absolute atomic E-state index is 0.112. The van der Waals surface area contributed by atoms with Gasteiger partial charge >= 0.3 is 0 Å². The van der Waals surface area contributed by atoms with Crippen molar-refractivity contribution in [2.75, 3.05) is 24.4 Å². The Balaban J connectivity index is 1.40. The van der Waals surface area contributed by atoms with Gasteiger partial charge in [-0.3, -0.25) is 9.99 Å². The number of anilines is 2. The molecular formula is C32H31ClFN7O. The van der Waals surface area contributed by atoms with E-state index in [0.717, 1.165) is 35.4 Å². The van der Waals surface area contributed by atoms with Crippen molar-refractivity contribution in [2.45, 2.75) is 37.4 Å². The highest BCUT2D eigenvalue weighted by atomic mass is 35.5. The predicted octanol–water partition coefficient (Wildman–Crippen LogP) is 6.57. The molecule has 0 bridgehead atoms. The molecule has 1 saturated carbocycles. The van der Waals surface area contributed by atoms with E-state index < -0.39 is 0 Å². The first-order valence-corrected chi connectivity index (χ1v) is 14.3. The zero-order valence-corrected chi connectivity index (χ0v) is 23.8. The van der Waals surface area contributed by atoms with E-state index in [2.05, 4.69) is 49.8 Å². The molecule has 0 amide bonds. The summed E-state index contributed by atoms with van der Waals surface area (Å²) in [6.07, 6.45) is 6.55. The lowest BCUT2D eigenvalue weighted by atomic mass is 10.0. The van der Waals surface area contributed by atoms with Crippen molar-refractivity contribution in [3.05, 3.63) is 112 Å². The Labute approximate surface area is 249 Å². The summed E-state index contributed by atoms with van der Waals surface area (Å²) in [7, 11) is 1.67. The molecule has 4 N–H and O–H groups in total. The number of ether oxygens (including phenoxy) is 1. The zero-order chi connectivity index (χ0) is 29.1. The monoisotopic (exact) mass is 583 g/mol. The molecule has 2 heterocycles. The molecular weight excluding hydrogens is 553 g/mol. The SMILES string of the molecule is COCC[C@@H](Nc1c(C#N)cnc2c(Cl)cc(N[C@H](C3=CN(C4CC4)NN3)c3ccc(F)cc3)cc12)c1ccccc1. The van der Waals surface area contributed by atoms with Gasteiger partial charge in [-0.25, -0.2) is 4.39 Å². The number of nitriles is 1. The summed E-state index contributed by atoms with van der Waals surface area (Å²) in [6.45, 7) is 0.540. The van der Waals surface area contributed by atoms with Gasteiger partial charge in [0.25, 0.3) is 0 Å².